The lowest BCUT2D eigenvalue weighted by Gasteiger charge is -2.50. The Morgan fingerprint density at radius 2 is 1.90 bits per heavy atom. The second-order valence-electron chi connectivity index (χ2n) is 10.5. The molecule has 4 atom stereocenters. The summed E-state index contributed by atoms with van der Waals surface area (Å²) in [5.74, 6) is -7.51. The molecule has 2 aromatic rings. The Hall–Kier alpha value is -4.55. The van der Waals surface area contributed by atoms with E-state index in [2.05, 4.69) is 10.3 Å². The van der Waals surface area contributed by atoms with Gasteiger partial charge < -0.3 is 31.5 Å². The van der Waals surface area contributed by atoms with Gasteiger partial charge in [0.25, 0.3) is 11.8 Å². The van der Waals surface area contributed by atoms with Crippen LogP contribution in [-0.2, 0) is 22.6 Å². The number of allylic oxidation sites excluding steroid dienone is 1. The van der Waals surface area contributed by atoms with Crippen LogP contribution in [0.2, 0.25) is 0 Å². The summed E-state index contributed by atoms with van der Waals surface area (Å²) in [4.78, 5) is 57.2. The first kappa shape index (κ1) is 27.0. The van der Waals surface area contributed by atoms with Crippen LogP contribution in [0.4, 0.5) is 0 Å². The maximum absolute atomic E-state index is 13.8. The van der Waals surface area contributed by atoms with E-state index in [1.807, 2.05) is 0 Å². The number of likely N-dealkylation sites (N-methyl/N-ethyl adjacent to an activating group) is 1. The molecule has 12 heteroatoms. The van der Waals surface area contributed by atoms with Crippen molar-refractivity contribution in [2.24, 2.45) is 17.6 Å². The van der Waals surface area contributed by atoms with Crippen molar-refractivity contribution >= 4 is 23.4 Å². The summed E-state index contributed by atoms with van der Waals surface area (Å²) in [7, 11) is 3.13. The van der Waals surface area contributed by atoms with Crippen LogP contribution in [0.25, 0.3) is 0 Å². The number of aliphatic hydroxyl groups is 3. The molecule has 0 radical (unpaired) electrons. The Morgan fingerprint density at radius 3 is 2.52 bits per heavy atom. The molecule has 0 saturated carbocycles. The van der Waals surface area contributed by atoms with E-state index >= 15 is 0 Å². The number of aromatic hydroxyl groups is 1. The number of pyridine rings is 1. The maximum atomic E-state index is 13.8. The van der Waals surface area contributed by atoms with E-state index < -0.39 is 58.0 Å². The number of nitrogens with two attached hydrogens (primary N) is 1. The molecular formula is C28H28N4O8. The second kappa shape index (κ2) is 9.57. The highest BCUT2D eigenvalue weighted by Crippen LogP contribution is 2.52. The van der Waals surface area contributed by atoms with Crippen LogP contribution in [0.3, 0.4) is 0 Å². The van der Waals surface area contributed by atoms with Gasteiger partial charge in [-0.15, -0.1) is 0 Å². The van der Waals surface area contributed by atoms with Gasteiger partial charge in [-0.05, 0) is 62.2 Å². The van der Waals surface area contributed by atoms with E-state index in [0.29, 0.717) is 16.7 Å². The maximum Gasteiger partial charge on any atom is 0.255 e. The van der Waals surface area contributed by atoms with Crippen molar-refractivity contribution in [3.05, 3.63) is 81.6 Å². The molecule has 3 aliphatic carbocycles. The molecule has 1 heterocycles. The van der Waals surface area contributed by atoms with Gasteiger partial charge in [0, 0.05) is 30.4 Å². The Kier molecular flexibility index (Phi) is 6.47. The van der Waals surface area contributed by atoms with Crippen LogP contribution >= 0.6 is 0 Å². The second-order valence-corrected chi connectivity index (χ2v) is 10.5. The third-order valence-electron chi connectivity index (χ3n) is 8.07. The van der Waals surface area contributed by atoms with E-state index in [4.69, 9.17) is 5.73 Å². The number of primary amides is 1. The highest BCUT2D eigenvalue weighted by atomic mass is 16.3. The Morgan fingerprint density at radius 1 is 1.18 bits per heavy atom. The minimum Gasteiger partial charge on any atom is -0.510 e. The molecule has 0 unspecified atom stereocenters. The zero-order valence-electron chi connectivity index (χ0n) is 21.7. The molecule has 3 aliphatic rings. The van der Waals surface area contributed by atoms with Gasteiger partial charge >= 0.3 is 0 Å². The SMILES string of the molecule is CN(C)[C@@H]1C(O)=C(C(N)=O)C(=O)[C@@]2(O)C(O)=C3C(=O)c4c(O)ccc(CNC(=O)c5cccnc5)c4C[C@@H]3C[C@H]12. The van der Waals surface area contributed by atoms with Gasteiger partial charge in [0.2, 0.25) is 5.78 Å². The number of Topliss-reactive ketones (excluding diaryl/α,β-unsaturated/α-hetero) is 2. The third kappa shape index (κ3) is 3.87. The van der Waals surface area contributed by atoms with Gasteiger partial charge in [-0.2, -0.15) is 0 Å². The van der Waals surface area contributed by atoms with Crippen molar-refractivity contribution in [2.75, 3.05) is 14.1 Å². The van der Waals surface area contributed by atoms with E-state index in [1.165, 1.54) is 23.4 Å². The number of benzene rings is 1. The van der Waals surface area contributed by atoms with E-state index in [0.717, 1.165) is 0 Å². The average Bonchev–Trinajstić information content (AvgIpc) is 2.90. The number of hydrogen-bond acceptors (Lipinski definition) is 10. The monoisotopic (exact) mass is 548 g/mol. The fourth-order valence-electron chi connectivity index (χ4n) is 6.26. The molecule has 0 bridgehead atoms. The van der Waals surface area contributed by atoms with Crippen LogP contribution in [0.15, 0.2) is 59.3 Å². The van der Waals surface area contributed by atoms with Gasteiger partial charge in [-0.3, -0.25) is 29.1 Å². The summed E-state index contributed by atoms with van der Waals surface area (Å²) in [5.41, 5.74) is 2.77. The third-order valence-corrected chi connectivity index (χ3v) is 8.07. The summed E-state index contributed by atoms with van der Waals surface area (Å²) >= 11 is 0. The number of fused-ring (bicyclic) bond motifs is 3. The highest BCUT2D eigenvalue weighted by molar-refractivity contribution is 6.24. The molecule has 0 saturated heterocycles. The van der Waals surface area contributed by atoms with Crippen molar-refractivity contribution in [2.45, 2.75) is 31.0 Å². The first-order chi connectivity index (χ1) is 18.9. The van der Waals surface area contributed by atoms with Crippen molar-refractivity contribution < 1.29 is 39.6 Å². The lowest BCUT2D eigenvalue weighted by Crippen LogP contribution is -2.63. The topological polar surface area (TPSA) is 203 Å². The van der Waals surface area contributed by atoms with Crippen molar-refractivity contribution in [3.63, 3.8) is 0 Å². The number of hydrogen-bond donors (Lipinski definition) is 6. The molecule has 0 fully saturated rings. The van der Waals surface area contributed by atoms with Crippen LogP contribution in [0.1, 0.15) is 38.3 Å². The molecule has 1 aromatic heterocycles. The zero-order chi connectivity index (χ0) is 29.1. The number of nitrogens with zero attached hydrogens (tertiary/aromatic N) is 2. The zero-order valence-corrected chi connectivity index (χ0v) is 21.7. The number of phenolic OH excluding ortho intramolecular Hbond substituents is 1. The van der Waals surface area contributed by atoms with E-state index in [9.17, 15) is 39.6 Å². The fourth-order valence-corrected chi connectivity index (χ4v) is 6.26. The fraction of sp³-hybridized carbons (Fsp3) is 0.321. The lowest BCUT2D eigenvalue weighted by molar-refractivity contribution is -0.148. The summed E-state index contributed by atoms with van der Waals surface area (Å²) in [5, 5.41) is 47.3. The first-order valence-electron chi connectivity index (χ1n) is 12.6. The molecule has 1 aromatic carbocycles. The lowest BCUT2D eigenvalue weighted by atomic mass is 9.58. The predicted octanol–water partition coefficient (Wildman–Crippen LogP) is 0.446. The molecular weight excluding hydrogens is 520 g/mol. The summed E-state index contributed by atoms with van der Waals surface area (Å²) < 4.78 is 0. The van der Waals surface area contributed by atoms with E-state index in [1.54, 1.807) is 32.3 Å². The van der Waals surface area contributed by atoms with Gasteiger partial charge in [-0.25, -0.2) is 0 Å². The minimum absolute atomic E-state index is 0.0249. The molecule has 40 heavy (non-hydrogen) atoms. The minimum atomic E-state index is -2.70. The number of ketones is 2. The largest absolute Gasteiger partial charge is 0.510 e. The molecule has 5 rings (SSSR count). The number of phenols is 1. The predicted molar refractivity (Wildman–Crippen MR) is 139 cm³/mol. The molecule has 12 nitrogen and oxygen atoms in total. The Labute approximate surface area is 228 Å². The summed E-state index contributed by atoms with van der Waals surface area (Å²) in [6.07, 6.45) is 3.05. The van der Waals surface area contributed by atoms with Crippen LogP contribution in [0, 0.1) is 11.8 Å². The Balaban J connectivity index is 1.58. The number of aliphatic hydroxyl groups excluding tert-OH is 2. The number of nitrogens with one attached hydrogen (secondary N) is 1. The summed E-state index contributed by atoms with van der Waals surface area (Å²) in [6, 6.07) is 5.02. The van der Waals surface area contributed by atoms with Crippen molar-refractivity contribution in [1.82, 2.24) is 15.2 Å². The number of carbonyl (C=O) groups excluding carboxylic acids is 4. The van der Waals surface area contributed by atoms with Gasteiger partial charge in [0.15, 0.2) is 11.4 Å². The highest BCUT2D eigenvalue weighted by Gasteiger charge is 2.63. The van der Waals surface area contributed by atoms with Gasteiger partial charge in [0.05, 0.1) is 17.2 Å². The smallest absolute Gasteiger partial charge is 0.255 e. The van der Waals surface area contributed by atoms with Crippen LogP contribution < -0.4 is 11.1 Å². The van der Waals surface area contributed by atoms with Crippen molar-refractivity contribution in [3.8, 4) is 5.75 Å². The first-order valence-corrected chi connectivity index (χ1v) is 12.6. The molecule has 2 amide bonds. The normalized spacial score (nSPS) is 25.9. The van der Waals surface area contributed by atoms with E-state index in [-0.39, 0.29) is 42.2 Å². The van der Waals surface area contributed by atoms with Gasteiger partial charge in [-0.1, -0.05) is 6.07 Å². The Bertz CT molecular complexity index is 1530. The number of rotatable bonds is 5. The molecule has 0 spiro atoms. The van der Waals surface area contributed by atoms with Crippen LogP contribution in [0.5, 0.6) is 5.75 Å². The average molecular weight is 549 g/mol. The number of aromatic nitrogens is 1. The van der Waals surface area contributed by atoms with Crippen molar-refractivity contribution in [1.29, 1.82) is 0 Å². The van der Waals surface area contributed by atoms with Crippen LogP contribution in [-0.4, -0.2) is 79.4 Å². The standard InChI is InChI=1S/C28H28N4O8/c1-32(2)21-16-9-14-8-15-12(11-31-27(39)13-4-3-7-30-10-13)5-6-17(33)19(15)22(34)18(14)24(36)28(16,40)25(37)20(23(21)35)26(29)38/h3-7,10,14,16,21,33,35-36,40H,8-9,11H2,1-2H3,(H2,29,38)(H,31,39)/t14-,16-,21+,28+/m1/s1. The number of amides is 2. The quantitative estimate of drug-likeness (QED) is 0.285. The molecule has 7 N–H and O–H groups in total. The number of carbonyl (C=O) groups is 4. The molecule has 208 valence electrons. The molecule has 0 aliphatic heterocycles. The summed E-state index contributed by atoms with van der Waals surface area (Å²) in [6.45, 7) is 0.0268. The van der Waals surface area contributed by atoms with Gasteiger partial charge in [0.1, 0.15) is 22.8 Å².